The SMILES string of the molecule is Nc1cc(Br)cn2ccc(Cl)c12. The van der Waals surface area contributed by atoms with Crippen molar-refractivity contribution >= 4 is 38.7 Å². The Labute approximate surface area is 83.1 Å². The third kappa shape index (κ3) is 1.09. The third-order valence-corrected chi connectivity index (χ3v) is 2.43. The van der Waals surface area contributed by atoms with Gasteiger partial charge in [0.1, 0.15) is 0 Å². The zero-order valence-corrected chi connectivity index (χ0v) is 8.43. The predicted molar refractivity (Wildman–Crippen MR) is 54.5 cm³/mol. The van der Waals surface area contributed by atoms with Gasteiger partial charge >= 0.3 is 0 Å². The fraction of sp³-hybridized carbons (Fsp3) is 0. The molecule has 12 heavy (non-hydrogen) atoms. The van der Waals surface area contributed by atoms with E-state index in [1.807, 2.05) is 28.9 Å². The second kappa shape index (κ2) is 2.68. The molecule has 0 fully saturated rings. The molecule has 0 saturated carbocycles. The molecule has 2 heterocycles. The van der Waals surface area contributed by atoms with Crippen molar-refractivity contribution in [3.05, 3.63) is 34.0 Å². The van der Waals surface area contributed by atoms with E-state index in [9.17, 15) is 0 Å². The van der Waals surface area contributed by atoms with E-state index in [4.69, 9.17) is 17.3 Å². The number of hydrogen-bond acceptors (Lipinski definition) is 1. The summed E-state index contributed by atoms with van der Waals surface area (Å²) in [6.07, 6.45) is 3.79. The second-order valence-corrected chi connectivity index (χ2v) is 3.86. The number of rotatable bonds is 0. The van der Waals surface area contributed by atoms with Gasteiger partial charge < -0.3 is 10.1 Å². The summed E-state index contributed by atoms with van der Waals surface area (Å²) in [6, 6.07) is 3.65. The fourth-order valence-electron chi connectivity index (χ4n) is 1.20. The number of nitrogens with two attached hydrogens (primary N) is 1. The molecule has 4 heteroatoms. The molecule has 0 aliphatic carbocycles. The zero-order valence-electron chi connectivity index (χ0n) is 6.09. The van der Waals surface area contributed by atoms with Crippen LogP contribution in [-0.2, 0) is 0 Å². The third-order valence-electron chi connectivity index (χ3n) is 1.70. The molecule has 62 valence electrons. The van der Waals surface area contributed by atoms with Crippen LogP contribution in [0.25, 0.3) is 5.52 Å². The quantitative estimate of drug-likeness (QED) is 0.760. The molecule has 0 aromatic carbocycles. The zero-order chi connectivity index (χ0) is 8.72. The summed E-state index contributed by atoms with van der Waals surface area (Å²) < 4.78 is 2.83. The smallest absolute Gasteiger partial charge is 0.0871 e. The van der Waals surface area contributed by atoms with E-state index >= 15 is 0 Å². The summed E-state index contributed by atoms with van der Waals surface area (Å²) in [5.41, 5.74) is 7.31. The first kappa shape index (κ1) is 7.95. The lowest BCUT2D eigenvalue weighted by Crippen LogP contribution is -1.90. The van der Waals surface area contributed by atoms with Gasteiger partial charge in [0.25, 0.3) is 0 Å². The van der Waals surface area contributed by atoms with E-state index in [-0.39, 0.29) is 0 Å². The van der Waals surface area contributed by atoms with E-state index < -0.39 is 0 Å². The van der Waals surface area contributed by atoms with Gasteiger partial charge in [-0.25, -0.2) is 0 Å². The van der Waals surface area contributed by atoms with Crippen LogP contribution in [0.5, 0.6) is 0 Å². The summed E-state index contributed by atoms with van der Waals surface area (Å²) in [6.45, 7) is 0. The van der Waals surface area contributed by atoms with Crippen LogP contribution >= 0.6 is 27.5 Å². The van der Waals surface area contributed by atoms with Crippen LogP contribution in [0.2, 0.25) is 5.02 Å². The largest absolute Gasteiger partial charge is 0.397 e. The van der Waals surface area contributed by atoms with Crippen LogP contribution in [0.1, 0.15) is 0 Å². The monoisotopic (exact) mass is 244 g/mol. The van der Waals surface area contributed by atoms with E-state index in [1.165, 1.54) is 0 Å². The number of fused-ring (bicyclic) bond motifs is 1. The lowest BCUT2D eigenvalue weighted by molar-refractivity contribution is 1.19. The maximum atomic E-state index is 5.91. The molecule has 2 aromatic rings. The van der Waals surface area contributed by atoms with Crippen molar-refractivity contribution < 1.29 is 0 Å². The normalized spacial score (nSPS) is 10.8. The molecule has 0 aliphatic heterocycles. The Morgan fingerprint density at radius 1 is 1.50 bits per heavy atom. The molecular weight excluding hydrogens is 239 g/mol. The van der Waals surface area contributed by atoms with Crippen molar-refractivity contribution in [2.24, 2.45) is 0 Å². The number of anilines is 1. The van der Waals surface area contributed by atoms with Crippen LogP contribution in [0, 0.1) is 0 Å². The molecule has 2 nitrogen and oxygen atoms in total. The highest BCUT2D eigenvalue weighted by Crippen LogP contribution is 2.26. The van der Waals surface area contributed by atoms with Gasteiger partial charge in [-0.1, -0.05) is 11.6 Å². The molecule has 2 aromatic heterocycles. The maximum absolute atomic E-state index is 5.91. The Hall–Kier alpha value is -0.670. The van der Waals surface area contributed by atoms with Crippen molar-refractivity contribution in [1.82, 2.24) is 4.40 Å². The lowest BCUT2D eigenvalue weighted by Gasteiger charge is -2.00. The molecule has 0 bridgehead atoms. The first-order chi connectivity index (χ1) is 5.68. The number of nitrogens with zero attached hydrogens (tertiary/aromatic N) is 1. The molecule has 2 N–H and O–H groups in total. The van der Waals surface area contributed by atoms with E-state index in [2.05, 4.69) is 15.9 Å². The van der Waals surface area contributed by atoms with Gasteiger partial charge in [0, 0.05) is 16.9 Å². The maximum Gasteiger partial charge on any atom is 0.0871 e. The summed E-state index contributed by atoms with van der Waals surface area (Å²) in [5.74, 6) is 0. The van der Waals surface area contributed by atoms with Gasteiger partial charge in [0.15, 0.2) is 0 Å². The first-order valence-corrected chi connectivity index (χ1v) is 4.57. The molecule has 0 spiro atoms. The minimum atomic E-state index is 0.680. The Balaban J connectivity index is 2.93. The van der Waals surface area contributed by atoms with Crippen molar-refractivity contribution in [1.29, 1.82) is 0 Å². The molecule has 0 amide bonds. The van der Waals surface area contributed by atoms with Crippen LogP contribution in [0.4, 0.5) is 5.69 Å². The Morgan fingerprint density at radius 3 is 3.00 bits per heavy atom. The van der Waals surface area contributed by atoms with Crippen LogP contribution in [0.15, 0.2) is 29.0 Å². The van der Waals surface area contributed by atoms with Gasteiger partial charge in [0.05, 0.1) is 16.2 Å². The molecular formula is C8H6BrClN2. The average molecular weight is 246 g/mol. The number of aromatic nitrogens is 1. The Morgan fingerprint density at radius 2 is 2.25 bits per heavy atom. The molecule has 0 radical (unpaired) electrons. The van der Waals surface area contributed by atoms with E-state index in [0.717, 1.165) is 9.99 Å². The van der Waals surface area contributed by atoms with Gasteiger partial charge in [-0.15, -0.1) is 0 Å². The highest BCUT2D eigenvalue weighted by atomic mass is 79.9. The Kier molecular flexibility index (Phi) is 1.77. The molecule has 0 unspecified atom stereocenters. The minimum absolute atomic E-state index is 0.680. The summed E-state index contributed by atoms with van der Waals surface area (Å²) >= 11 is 9.26. The van der Waals surface area contributed by atoms with Crippen molar-refractivity contribution in [2.75, 3.05) is 5.73 Å². The topological polar surface area (TPSA) is 30.4 Å². The van der Waals surface area contributed by atoms with Gasteiger partial charge in [-0.2, -0.15) is 0 Å². The average Bonchev–Trinajstić information content (AvgIpc) is 2.31. The van der Waals surface area contributed by atoms with Gasteiger partial charge in [0.2, 0.25) is 0 Å². The van der Waals surface area contributed by atoms with Crippen molar-refractivity contribution in [2.45, 2.75) is 0 Å². The lowest BCUT2D eigenvalue weighted by atomic mass is 10.3. The Bertz CT molecular complexity index is 436. The standard InChI is InChI=1S/C8H6BrClN2/c9-5-3-7(11)8-6(10)1-2-12(8)4-5/h1-4H,11H2. The summed E-state index contributed by atoms with van der Waals surface area (Å²) in [7, 11) is 0. The summed E-state index contributed by atoms with van der Waals surface area (Å²) in [5, 5.41) is 0.681. The second-order valence-electron chi connectivity index (χ2n) is 2.53. The summed E-state index contributed by atoms with van der Waals surface area (Å²) in [4.78, 5) is 0. The van der Waals surface area contributed by atoms with E-state index in [0.29, 0.717) is 10.7 Å². The number of nitrogen functional groups attached to an aromatic ring is 1. The number of hydrogen-bond donors (Lipinski definition) is 1. The highest BCUT2D eigenvalue weighted by molar-refractivity contribution is 9.10. The molecule has 0 aliphatic rings. The van der Waals surface area contributed by atoms with Crippen LogP contribution in [0.3, 0.4) is 0 Å². The van der Waals surface area contributed by atoms with Crippen LogP contribution < -0.4 is 5.73 Å². The highest BCUT2D eigenvalue weighted by Gasteiger charge is 2.03. The number of halogens is 2. The molecule has 2 rings (SSSR count). The van der Waals surface area contributed by atoms with E-state index in [1.54, 1.807) is 0 Å². The van der Waals surface area contributed by atoms with Crippen molar-refractivity contribution in [3.63, 3.8) is 0 Å². The first-order valence-electron chi connectivity index (χ1n) is 3.39. The minimum Gasteiger partial charge on any atom is -0.397 e. The molecule has 0 saturated heterocycles. The predicted octanol–water partition coefficient (Wildman–Crippen LogP) is 2.94. The van der Waals surface area contributed by atoms with Gasteiger partial charge in [-0.05, 0) is 28.1 Å². The molecule has 0 atom stereocenters. The number of pyridine rings is 1. The fourth-order valence-corrected chi connectivity index (χ4v) is 1.93. The van der Waals surface area contributed by atoms with Crippen molar-refractivity contribution in [3.8, 4) is 0 Å². The van der Waals surface area contributed by atoms with Crippen LogP contribution in [-0.4, -0.2) is 4.40 Å². The van der Waals surface area contributed by atoms with Gasteiger partial charge in [-0.3, -0.25) is 0 Å².